The molecule has 1 unspecified atom stereocenters. The van der Waals surface area contributed by atoms with Crippen LogP contribution in [0.25, 0.3) is 0 Å². The molecule has 0 saturated carbocycles. The molecule has 0 radical (unpaired) electrons. The number of unbranched alkanes of at least 4 members (excludes halogenated alkanes) is 3. The van der Waals surface area contributed by atoms with Crippen LogP contribution in [-0.4, -0.2) is 12.0 Å². The topological polar surface area (TPSA) is 24.9 Å². The maximum Gasteiger partial charge on any atom is 0.0573 e. The fourth-order valence-corrected chi connectivity index (χ4v) is 1.84. The number of nitrogens with one attached hydrogen (secondary N) is 1. The van der Waals surface area contributed by atoms with Gasteiger partial charge in [0.05, 0.1) is 5.69 Å². The van der Waals surface area contributed by atoms with Gasteiger partial charge < -0.3 is 5.32 Å². The van der Waals surface area contributed by atoms with Crippen molar-refractivity contribution in [1.29, 1.82) is 0 Å². The summed E-state index contributed by atoms with van der Waals surface area (Å²) in [5.74, 6) is 0. The summed E-state index contributed by atoms with van der Waals surface area (Å²) in [4.78, 5) is 4.39. The van der Waals surface area contributed by atoms with Crippen molar-refractivity contribution in [3.8, 4) is 0 Å². The molecule has 2 heteroatoms. The number of allylic oxidation sites excluding steroid dienone is 1. The Kier molecular flexibility index (Phi) is 6.50. The van der Waals surface area contributed by atoms with Gasteiger partial charge in [0.15, 0.2) is 0 Å². The SMILES string of the molecule is C=CCCCCCC(NC)c1ccccn1. The number of nitrogens with zero attached hydrogens (tertiary/aromatic N) is 1. The molecule has 1 atom stereocenters. The van der Waals surface area contributed by atoms with Crippen LogP contribution in [0.2, 0.25) is 0 Å². The summed E-state index contributed by atoms with van der Waals surface area (Å²) in [6.45, 7) is 3.73. The van der Waals surface area contributed by atoms with E-state index in [1.165, 1.54) is 19.3 Å². The van der Waals surface area contributed by atoms with E-state index in [4.69, 9.17) is 0 Å². The van der Waals surface area contributed by atoms with Crippen LogP contribution in [0.3, 0.4) is 0 Å². The van der Waals surface area contributed by atoms with Crippen LogP contribution < -0.4 is 5.32 Å². The first-order valence-corrected chi connectivity index (χ1v) is 6.07. The van der Waals surface area contributed by atoms with Crippen molar-refractivity contribution in [2.45, 2.75) is 38.1 Å². The van der Waals surface area contributed by atoms with E-state index in [9.17, 15) is 0 Å². The highest BCUT2D eigenvalue weighted by Crippen LogP contribution is 2.17. The molecule has 1 rings (SSSR count). The number of hydrogen-bond acceptors (Lipinski definition) is 2. The van der Waals surface area contributed by atoms with Gasteiger partial charge >= 0.3 is 0 Å². The number of aromatic nitrogens is 1. The van der Waals surface area contributed by atoms with Gasteiger partial charge in [-0.2, -0.15) is 0 Å². The van der Waals surface area contributed by atoms with Gasteiger partial charge in [-0.1, -0.05) is 25.0 Å². The molecular formula is C14H22N2. The molecule has 0 amide bonds. The molecule has 1 aromatic heterocycles. The summed E-state index contributed by atoms with van der Waals surface area (Å²) >= 11 is 0. The van der Waals surface area contributed by atoms with Crippen molar-refractivity contribution in [3.05, 3.63) is 42.7 Å². The first-order valence-electron chi connectivity index (χ1n) is 6.07. The summed E-state index contributed by atoms with van der Waals surface area (Å²) in [5.41, 5.74) is 1.15. The van der Waals surface area contributed by atoms with Crippen LogP contribution in [0.4, 0.5) is 0 Å². The van der Waals surface area contributed by atoms with E-state index in [1.54, 1.807) is 0 Å². The smallest absolute Gasteiger partial charge is 0.0573 e. The van der Waals surface area contributed by atoms with E-state index >= 15 is 0 Å². The van der Waals surface area contributed by atoms with Gasteiger partial charge in [0.2, 0.25) is 0 Å². The van der Waals surface area contributed by atoms with E-state index in [-0.39, 0.29) is 0 Å². The third kappa shape index (κ3) is 4.58. The van der Waals surface area contributed by atoms with E-state index in [2.05, 4.69) is 22.9 Å². The highest BCUT2D eigenvalue weighted by Gasteiger charge is 2.08. The summed E-state index contributed by atoms with van der Waals surface area (Å²) in [5, 5.41) is 3.33. The van der Waals surface area contributed by atoms with Gasteiger partial charge in [0.25, 0.3) is 0 Å². The predicted molar refractivity (Wildman–Crippen MR) is 69.3 cm³/mol. The van der Waals surface area contributed by atoms with Gasteiger partial charge in [-0.15, -0.1) is 6.58 Å². The first kappa shape index (κ1) is 12.9. The molecule has 0 aliphatic heterocycles. The lowest BCUT2D eigenvalue weighted by Gasteiger charge is -2.15. The van der Waals surface area contributed by atoms with Crippen LogP contribution in [0.1, 0.15) is 43.8 Å². The second-order valence-electron chi connectivity index (χ2n) is 4.02. The van der Waals surface area contributed by atoms with Gasteiger partial charge in [-0.25, -0.2) is 0 Å². The minimum atomic E-state index is 0.393. The van der Waals surface area contributed by atoms with Crippen LogP contribution in [0.15, 0.2) is 37.1 Å². The maximum absolute atomic E-state index is 4.39. The Labute approximate surface area is 98.8 Å². The second-order valence-corrected chi connectivity index (χ2v) is 4.02. The Morgan fingerprint density at radius 3 is 2.88 bits per heavy atom. The lowest BCUT2D eigenvalue weighted by molar-refractivity contribution is 0.498. The molecule has 2 nitrogen and oxygen atoms in total. The van der Waals surface area contributed by atoms with Crippen LogP contribution in [0.5, 0.6) is 0 Å². The fraction of sp³-hybridized carbons (Fsp3) is 0.500. The van der Waals surface area contributed by atoms with Crippen LogP contribution in [0, 0.1) is 0 Å². The molecule has 0 bridgehead atoms. The highest BCUT2D eigenvalue weighted by atomic mass is 14.9. The Hall–Kier alpha value is -1.15. The second kappa shape index (κ2) is 8.05. The maximum atomic E-state index is 4.39. The van der Waals surface area contributed by atoms with Crippen LogP contribution in [-0.2, 0) is 0 Å². The summed E-state index contributed by atoms with van der Waals surface area (Å²) < 4.78 is 0. The molecule has 0 fully saturated rings. The average molecular weight is 218 g/mol. The minimum absolute atomic E-state index is 0.393. The van der Waals surface area contributed by atoms with E-state index in [0.717, 1.165) is 18.5 Å². The standard InChI is InChI=1S/C14H22N2/c1-3-4-5-6-7-10-13(15-2)14-11-8-9-12-16-14/h3,8-9,11-13,15H,1,4-7,10H2,2H3. The third-order valence-electron chi connectivity index (χ3n) is 2.79. The molecule has 1 aromatic rings. The van der Waals surface area contributed by atoms with E-state index < -0.39 is 0 Å². The Bertz CT molecular complexity index is 282. The molecule has 0 aliphatic rings. The molecule has 0 aliphatic carbocycles. The van der Waals surface area contributed by atoms with Crippen molar-refractivity contribution < 1.29 is 0 Å². The van der Waals surface area contributed by atoms with Crippen molar-refractivity contribution in [3.63, 3.8) is 0 Å². The third-order valence-corrected chi connectivity index (χ3v) is 2.79. The normalized spacial score (nSPS) is 12.3. The van der Waals surface area contributed by atoms with Gasteiger partial charge in [-0.05, 0) is 38.4 Å². The molecule has 0 spiro atoms. The summed E-state index contributed by atoms with van der Waals surface area (Å²) in [6, 6.07) is 6.49. The lowest BCUT2D eigenvalue weighted by Crippen LogP contribution is -2.17. The van der Waals surface area contributed by atoms with Crippen molar-refractivity contribution >= 4 is 0 Å². The number of rotatable bonds is 8. The molecule has 1 N–H and O–H groups in total. The van der Waals surface area contributed by atoms with Gasteiger partial charge in [-0.3, -0.25) is 4.98 Å². The summed E-state index contributed by atoms with van der Waals surface area (Å²) in [7, 11) is 2.00. The Morgan fingerprint density at radius 2 is 2.25 bits per heavy atom. The lowest BCUT2D eigenvalue weighted by atomic mass is 10.0. The van der Waals surface area contributed by atoms with Crippen molar-refractivity contribution in [2.24, 2.45) is 0 Å². The number of pyridine rings is 1. The molecule has 1 heterocycles. The van der Waals surface area contributed by atoms with Crippen LogP contribution >= 0.6 is 0 Å². The zero-order valence-corrected chi connectivity index (χ0v) is 10.2. The Balaban J connectivity index is 2.30. The average Bonchev–Trinajstić information content (AvgIpc) is 2.35. The van der Waals surface area contributed by atoms with E-state index in [0.29, 0.717) is 6.04 Å². The van der Waals surface area contributed by atoms with Gasteiger partial charge in [0, 0.05) is 12.2 Å². The highest BCUT2D eigenvalue weighted by molar-refractivity contribution is 5.08. The fourth-order valence-electron chi connectivity index (χ4n) is 1.84. The molecule has 88 valence electrons. The monoisotopic (exact) mass is 218 g/mol. The predicted octanol–water partition coefficient (Wildman–Crippen LogP) is 3.48. The number of hydrogen-bond donors (Lipinski definition) is 1. The molecule has 0 saturated heterocycles. The quantitative estimate of drug-likeness (QED) is 0.534. The zero-order valence-electron chi connectivity index (χ0n) is 10.2. The summed E-state index contributed by atoms with van der Waals surface area (Å²) in [6.07, 6.45) is 9.92. The van der Waals surface area contributed by atoms with Gasteiger partial charge in [0.1, 0.15) is 0 Å². The largest absolute Gasteiger partial charge is 0.312 e. The van der Waals surface area contributed by atoms with E-state index in [1.807, 2.05) is 31.5 Å². The molecular weight excluding hydrogens is 196 g/mol. The van der Waals surface area contributed by atoms with Crippen molar-refractivity contribution in [2.75, 3.05) is 7.05 Å². The molecule has 0 aromatic carbocycles. The molecule has 16 heavy (non-hydrogen) atoms. The zero-order chi connectivity index (χ0) is 11.6. The Morgan fingerprint density at radius 1 is 1.38 bits per heavy atom. The van der Waals surface area contributed by atoms with Crippen molar-refractivity contribution in [1.82, 2.24) is 10.3 Å². The first-order chi connectivity index (χ1) is 7.88. The minimum Gasteiger partial charge on any atom is -0.312 e.